The predicted octanol–water partition coefficient (Wildman–Crippen LogP) is 2.04. The van der Waals surface area contributed by atoms with Crippen LogP contribution in [-0.2, 0) is 9.59 Å². The van der Waals surface area contributed by atoms with Gasteiger partial charge in [0.05, 0.1) is 0 Å². The fourth-order valence-corrected chi connectivity index (χ4v) is 2.44. The van der Waals surface area contributed by atoms with Crippen molar-refractivity contribution in [2.75, 3.05) is 20.6 Å². The lowest BCUT2D eigenvalue weighted by molar-refractivity contribution is -0.128. The summed E-state index contributed by atoms with van der Waals surface area (Å²) in [5.41, 5.74) is 1.11. The number of hydrogen-bond donors (Lipinski definition) is 1. The van der Waals surface area contributed by atoms with Gasteiger partial charge in [-0.25, -0.2) is 0 Å². The number of nitrogens with one attached hydrogen (secondary N) is 1. The molecule has 0 heterocycles. The average molecular weight is 295 g/mol. The summed E-state index contributed by atoms with van der Waals surface area (Å²) in [7, 11) is 3.42. The molecule has 20 heavy (non-hydrogen) atoms. The molecule has 1 aliphatic carbocycles. The number of halogens is 1. The Bertz CT molecular complexity index is 516. The molecule has 1 fully saturated rings. The molecule has 0 aromatic heterocycles. The van der Waals surface area contributed by atoms with Crippen LogP contribution in [-0.4, -0.2) is 37.4 Å². The average Bonchev–Trinajstić information content (AvgIpc) is 3.18. The van der Waals surface area contributed by atoms with Gasteiger partial charge in [0.2, 0.25) is 11.8 Å². The van der Waals surface area contributed by atoms with E-state index in [0.717, 1.165) is 12.0 Å². The summed E-state index contributed by atoms with van der Waals surface area (Å²) in [4.78, 5) is 24.9. The number of benzene rings is 1. The number of carbonyl (C=O) groups excluding carboxylic acids is 2. The maximum Gasteiger partial charge on any atom is 0.223 e. The van der Waals surface area contributed by atoms with Crippen LogP contribution in [0.4, 0.5) is 0 Å². The van der Waals surface area contributed by atoms with Crippen molar-refractivity contribution in [1.82, 2.24) is 10.2 Å². The SMILES string of the molecule is CN(C)C(=O)CCNC(=O)[C@@H]1C[C@@H]1c1cccc(Cl)c1. The van der Waals surface area contributed by atoms with Crippen LogP contribution in [0.5, 0.6) is 0 Å². The first kappa shape index (κ1) is 14.9. The van der Waals surface area contributed by atoms with Gasteiger partial charge in [0, 0.05) is 38.0 Å². The first-order valence-corrected chi connectivity index (χ1v) is 7.10. The van der Waals surface area contributed by atoms with Gasteiger partial charge in [-0.2, -0.15) is 0 Å². The van der Waals surface area contributed by atoms with E-state index in [1.54, 1.807) is 14.1 Å². The van der Waals surface area contributed by atoms with Crippen molar-refractivity contribution in [2.45, 2.75) is 18.8 Å². The molecule has 0 unspecified atom stereocenters. The Morgan fingerprint density at radius 1 is 1.40 bits per heavy atom. The highest BCUT2D eigenvalue weighted by Gasteiger charge is 2.43. The molecule has 0 aliphatic heterocycles. The minimum atomic E-state index is 0.0166. The molecule has 0 bridgehead atoms. The summed E-state index contributed by atoms with van der Waals surface area (Å²) in [6.45, 7) is 0.397. The molecule has 0 spiro atoms. The Labute approximate surface area is 124 Å². The van der Waals surface area contributed by atoms with Gasteiger partial charge in [-0.15, -0.1) is 0 Å². The summed E-state index contributed by atoms with van der Waals surface area (Å²) >= 11 is 5.95. The first-order chi connectivity index (χ1) is 9.49. The van der Waals surface area contributed by atoms with Crippen molar-refractivity contribution in [3.05, 3.63) is 34.9 Å². The number of amides is 2. The molecule has 0 radical (unpaired) electrons. The highest BCUT2D eigenvalue weighted by molar-refractivity contribution is 6.30. The topological polar surface area (TPSA) is 49.4 Å². The lowest BCUT2D eigenvalue weighted by Crippen LogP contribution is -2.31. The van der Waals surface area contributed by atoms with Crippen LogP contribution in [0.25, 0.3) is 0 Å². The molecular formula is C15H19ClN2O2. The van der Waals surface area contributed by atoms with E-state index in [1.165, 1.54) is 4.90 Å². The molecule has 2 atom stereocenters. The molecule has 1 aromatic rings. The fourth-order valence-electron chi connectivity index (χ4n) is 2.24. The smallest absolute Gasteiger partial charge is 0.223 e. The van der Waals surface area contributed by atoms with Crippen LogP contribution in [0.15, 0.2) is 24.3 Å². The van der Waals surface area contributed by atoms with Crippen molar-refractivity contribution >= 4 is 23.4 Å². The van der Waals surface area contributed by atoms with Crippen molar-refractivity contribution in [3.63, 3.8) is 0 Å². The van der Waals surface area contributed by atoms with Crippen LogP contribution >= 0.6 is 11.6 Å². The quantitative estimate of drug-likeness (QED) is 0.903. The van der Waals surface area contributed by atoms with E-state index in [1.807, 2.05) is 24.3 Å². The van der Waals surface area contributed by atoms with Gasteiger partial charge >= 0.3 is 0 Å². The molecule has 4 nitrogen and oxygen atoms in total. The van der Waals surface area contributed by atoms with E-state index >= 15 is 0 Å². The van der Waals surface area contributed by atoms with Gasteiger partial charge in [0.15, 0.2) is 0 Å². The summed E-state index contributed by atoms with van der Waals surface area (Å²) < 4.78 is 0. The highest BCUT2D eigenvalue weighted by Crippen LogP contribution is 2.47. The zero-order valence-electron chi connectivity index (χ0n) is 11.7. The Morgan fingerprint density at radius 3 is 2.80 bits per heavy atom. The Hall–Kier alpha value is -1.55. The van der Waals surface area contributed by atoms with Crippen molar-refractivity contribution in [2.24, 2.45) is 5.92 Å². The number of carbonyl (C=O) groups is 2. The third kappa shape index (κ3) is 3.73. The second-order valence-electron chi connectivity index (χ2n) is 5.33. The van der Waals surface area contributed by atoms with E-state index in [9.17, 15) is 9.59 Å². The number of hydrogen-bond acceptors (Lipinski definition) is 2. The monoisotopic (exact) mass is 294 g/mol. The Kier molecular flexibility index (Phi) is 4.65. The third-order valence-corrected chi connectivity index (χ3v) is 3.78. The second kappa shape index (κ2) is 6.27. The van der Waals surface area contributed by atoms with Gasteiger partial charge < -0.3 is 10.2 Å². The van der Waals surface area contributed by atoms with Crippen LogP contribution in [0.2, 0.25) is 5.02 Å². The van der Waals surface area contributed by atoms with Gasteiger partial charge in [-0.05, 0) is 30.0 Å². The van der Waals surface area contributed by atoms with E-state index in [2.05, 4.69) is 5.32 Å². The standard InChI is InChI=1S/C15H19ClN2O2/c1-18(2)14(19)6-7-17-15(20)13-9-12(13)10-4-3-5-11(16)8-10/h3-5,8,12-13H,6-7,9H2,1-2H3,(H,17,20)/t12-,13-/m1/s1. The minimum Gasteiger partial charge on any atom is -0.355 e. The molecule has 1 aliphatic rings. The first-order valence-electron chi connectivity index (χ1n) is 6.72. The lowest BCUT2D eigenvalue weighted by Gasteiger charge is -2.10. The summed E-state index contributed by atoms with van der Waals surface area (Å²) in [5, 5.41) is 3.52. The molecule has 1 N–H and O–H groups in total. The van der Waals surface area contributed by atoms with Crippen molar-refractivity contribution in [1.29, 1.82) is 0 Å². The highest BCUT2D eigenvalue weighted by atomic mass is 35.5. The maximum absolute atomic E-state index is 12.0. The van der Waals surface area contributed by atoms with Crippen molar-refractivity contribution in [3.8, 4) is 0 Å². The second-order valence-corrected chi connectivity index (χ2v) is 5.77. The van der Waals surface area contributed by atoms with E-state index in [0.29, 0.717) is 18.0 Å². The molecular weight excluding hydrogens is 276 g/mol. The zero-order valence-corrected chi connectivity index (χ0v) is 12.5. The normalized spacial score (nSPS) is 20.4. The van der Waals surface area contributed by atoms with Crippen LogP contribution < -0.4 is 5.32 Å². The summed E-state index contributed by atoms with van der Waals surface area (Å²) in [6, 6.07) is 7.64. The van der Waals surface area contributed by atoms with Gasteiger partial charge in [0.25, 0.3) is 0 Å². The fraction of sp³-hybridized carbons (Fsp3) is 0.467. The molecule has 2 amide bonds. The number of nitrogens with zero attached hydrogens (tertiary/aromatic N) is 1. The predicted molar refractivity (Wildman–Crippen MR) is 78.6 cm³/mol. The van der Waals surface area contributed by atoms with Crippen molar-refractivity contribution < 1.29 is 9.59 Å². The van der Waals surface area contributed by atoms with Gasteiger partial charge in [0.1, 0.15) is 0 Å². The molecule has 1 saturated carbocycles. The largest absolute Gasteiger partial charge is 0.355 e. The molecule has 0 saturated heterocycles. The van der Waals surface area contributed by atoms with Crippen LogP contribution in [0.1, 0.15) is 24.3 Å². The molecule has 5 heteroatoms. The molecule has 108 valence electrons. The van der Waals surface area contributed by atoms with Crippen LogP contribution in [0.3, 0.4) is 0 Å². The minimum absolute atomic E-state index is 0.0166. The molecule has 1 aromatic carbocycles. The number of rotatable bonds is 5. The van der Waals surface area contributed by atoms with E-state index in [-0.39, 0.29) is 23.7 Å². The summed E-state index contributed by atoms with van der Waals surface area (Å²) in [6.07, 6.45) is 1.20. The van der Waals surface area contributed by atoms with Crippen LogP contribution in [0, 0.1) is 5.92 Å². The lowest BCUT2D eigenvalue weighted by atomic mass is 10.1. The summed E-state index contributed by atoms with van der Waals surface area (Å²) in [5.74, 6) is 0.329. The Morgan fingerprint density at radius 2 is 2.15 bits per heavy atom. The maximum atomic E-state index is 12.0. The van der Waals surface area contributed by atoms with E-state index in [4.69, 9.17) is 11.6 Å². The van der Waals surface area contributed by atoms with Gasteiger partial charge in [-0.3, -0.25) is 9.59 Å². The van der Waals surface area contributed by atoms with Gasteiger partial charge in [-0.1, -0.05) is 23.7 Å². The molecule has 2 rings (SSSR count). The third-order valence-electron chi connectivity index (χ3n) is 3.54. The Balaban J connectivity index is 1.77. The van der Waals surface area contributed by atoms with E-state index < -0.39 is 0 Å². The zero-order chi connectivity index (χ0) is 14.7.